The van der Waals surface area contributed by atoms with Crippen molar-refractivity contribution in [3.8, 4) is 0 Å². The molecule has 0 radical (unpaired) electrons. The van der Waals surface area contributed by atoms with Crippen LogP contribution >= 0.6 is 0 Å². The number of unbranched alkanes of at least 4 members (excludes halogenated alkanes) is 2. The molecule has 0 fully saturated rings. The zero-order valence-corrected chi connectivity index (χ0v) is 39.5. The average molecular weight is 974 g/mol. The van der Waals surface area contributed by atoms with Crippen LogP contribution in [-0.4, -0.2) is 83.2 Å². The van der Waals surface area contributed by atoms with E-state index in [2.05, 4.69) is 6.58 Å². The summed E-state index contributed by atoms with van der Waals surface area (Å²) in [6.45, 7) is 12.1. The fourth-order valence-electron chi connectivity index (χ4n) is 8.44. The number of ether oxygens (including phenoxy) is 1. The number of methoxy groups -OCH3 is 1. The molecule has 20 heteroatoms. The third-order valence-electron chi connectivity index (χ3n) is 11.7. The molecule has 350 valence electrons. The molecule has 1 heterocycles. The van der Waals surface area contributed by atoms with Gasteiger partial charge >= 0.3 is 5.97 Å². The van der Waals surface area contributed by atoms with Gasteiger partial charge in [-0.2, -0.15) is 33.7 Å². The van der Waals surface area contributed by atoms with Gasteiger partial charge in [0.25, 0.3) is 40.5 Å². The Balaban J connectivity index is 1.55. The molecular formula is C45H51NO15S4. The molecule has 0 saturated heterocycles. The van der Waals surface area contributed by atoms with Crippen LogP contribution in [0.4, 0.5) is 5.69 Å². The number of fused-ring (bicyclic) bond motifs is 4. The summed E-state index contributed by atoms with van der Waals surface area (Å²) in [4.78, 5) is 10.4. The summed E-state index contributed by atoms with van der Waals surface area (Å²) in [6, 6.07) is 9.93. The molecule has 4 aromatic rings. The largest absolute Gasteiger partial charge is 0.481 e. The van der Waals surface area contributed by atoms with E-state index >= 15 is 0 Å². The van der Waals surface area contributed by atoms with Crippen LogP contribution in [0, 0.1) is 6.92 Å². The first-order valence-corrected chi connectivity index (χ1v) is 25.8. The van der Waals surface area contributed by atoms with Gasteiger partial charge in [0.2, 0.25) is 0 Å². The summed E-state index contributed by atoms with van der Waals surface area (Å²) < 4.78 is 145. The number of hydrogen-bond donors (Lipinski definition) is 5. The first-order chi connectivity index (χ1) is 30.0. The molecule has 1 unspecified atom stereocenters. The van der Waals surface area contributed by atoms with Gasteiger partial charge in [-0.25, -0.2) is 0 Å². The number of benzene rings is 4. The number of aryl methyl sites for hydroxylation is 1. The van der Waals surface area contributed by atoms with Crippen LogP contribution in [0.1, 0.15) is 69.6 Å². The van der Waals surface area contributed by atoms with E-state index in [4.69, 9.17) is 4.74 Å². The number of anilines is 1. The lowest BCUT2D eigenvalue weighted by molar-refractivity contribution is -0.137. The van der Waals surface area contributed by atoms with Gasteiger partial charge in [-0.15, -0.1) is 0 Å². The lowest BCUT2D eigenvalue weighted by Crippen LogP contribution is -2.30. The number of rotatable bonds is 19. The molecule has 16 nitrogen and oxygen atoms in total. The number of carboxylic acid groups (broad SMARTS) is 1. The van der Waals surface area contributed by atoms with E-state index < -0.39 is 76.9 Å². The number of carboxylic acids is 1. The summed E-state index contributed by atoms with van der Waals surface area (Å²) in [5, 5.41) is 9.59. The highest BCUT2D eigenvalue weighted by Gasteiger charge is 2.45. The smallest absolute Gasteiger partial charge is 0.303 e. The Bertz CT molecular complexity index is 3170. The summed E-state index contributed by atoms with van der Waals surface area (Å²) in [5.41, 5.74) is 1.63. The number of aliphatic carboxylic acids is 1. The molecular weight excluding hydrogens is 923 g/mol. The molecule has 0 spiro atoms. The number of nitrogens with zero attached hydrogens (tertiary/aromatic N) is 1. The molecule has 5 N–H and O–H groups in total. The van der Waals surface area contributed by atoms with E-state index in [0.29, 0.717) is 72.3 Å². The van der Waals surface area contributed by atoms with Gasteiger partial charge in [0, 0.05) is 59.7 Å². The normalized spacial score (nSPS) is 17.1. The molecule has 1 atom stereocenters. The zero-order valence-electron chi connectivity index (χ0n) is 36.2. The third-order valence-corrected chi connectivity index (χ3v) is 15.1. The van der Waals surface area contributed by atoms with Gasteiger partial charge in [0.05, 0.1) is 9.79 Å². The highest BCUT2D eigenvalue weighted by Crippen LogP contribution is 2.54. The molecule has 1 aliphatic rings. The Hall–Kier alpha value is -5.03. The average Bonchev–Trinajstić information content (AvgIpc) is 3.43. The maximum atomic E-state index is 12.6. The van der Waals surface area contributed by atoms with Crippen LogP contribution in [0.2, 0.25) is 0 Å². The highest BCUT2D eigenvalue weighted by molar-refractivity contribution is 7.87. The predicted molar refractivity (Wildman–Crippen MR) is 247 cm³/mol. The number of carbonyl (C=O) groups is 1. The van der Waals surface area contributed by atoms with E-state index in [1.165, 1.54) is 25.3 Å². The van der Waals surface area contributed by atoms with Crippen molar-refractivity contribution in [3.63, 3.8) is 0 Å². The topological polar surface area (TPSA) is 267 Å². The van der Waals surface area contributed by atoms with Gasteiger partial charge in [-0.3, -0.25) is 23.0 Å². The second kappa shape index (κ2) is 19.1. The van der Waals surface area contributed by atoms with E-state index in [-0.39, 0.29) is 34.6 Å². The van der Waals surface area contributed by atoms with Crippen LogP contribution in [0.5, 0.6) is 0 Å². The fraction of sp³-hybridized carbons (Fsp3) is 0.311. The number of allylic oxidation sites excluding steroid dienone is 9. The van der Waals surface area contributed by atoms with Crippen molar-refractivity contribution in [1.82, 2.24) is 0 Å². The molecule has 4 aromatic carbocycles. The summed E-state index contributed by atoms with van der Waals surface area (Å²) >= 11 is 0. The maximum absolute atomic E-state index is 12.6. The van der Waals surface area contributed by atoms with Crippen LogP contribution in [0.3, 0.4) is 0 Å². The van der Waals surface area contributed by atoms with Gasteiger partial charge in [0.15, 0.2) is 0 Å². The Morgan fingerprint density at radius 1 is 0.738 bits per heavy atom. The maximum Gasteiger partial charge on any atom is 0.303 e. The van der Waals surface area contributed by atoms with Gasteiger partial charge in [0.1, 0.15) is 9.79 Å². The predicted octanol–water partition coefficient (Wildman–Crippen LogP) is 8.13. The van der Waals surface area contributed by atoms with Crippen LogP contribution < -0.4 is 4.90 Å². The minimum absolute atomic E-state index is 0.0146. The van der Waals surface area contributed by atoms with Crippen molar-refractivity contribution in [2.24, 2.45) is 0 Å². The van der Waals surface area contributed by atoms with Crippen LogP contribution in [0.15, 0.2) is 128 Å². The Labute approximate surface area is 379 Å². The zero-order chi connectivity index (χ0) is 48.5. The molecule has 0 aliphatic carbocycles. The van der Waals surface area contributed by atoms with E-state index in [1.54, 1.807) is 69.4 Å². The molecule has 1 aliphatic heterocycles. The molecule has 0 bridgehead atoms. The van der Waals surface area contributed by atoms with Crippen molar-refractivity contribution >= 4 is 73.7 Å². The van der Waals surface area contributed by atoms with Crippen molar-refractivity contribution in [2.75, 3.05) is 25.2 Å². The van der Waals surface area contributed by atoms with Crippen molar-refractivity contribution in [3.05, 3.63) is 126 Å². The lowest BCUT2D eigenvalue weighted by Gasteiger charge is -2.30. The summed E-state index contributed by atoms with van der Waals surface area (Å²) in [6.07, 6.45) is 14.1. The Morgan fingerprint density at radius 2 is 1.28 bits per heavy atom. The van der Waals surface area contributed by atoms with Gasteiger partial charge < -0.3 is 14.7 Å². The van der Waals surface area contributed by atoms with E-state index in [9.17, 15) is 61.8 Å². The van der Waals surface area contributed by atoms with Gasteiger partial charge in [-0.1, -0.05) is 81.5 Å². The number of hydrogen-bond acceptors (Lipinski definition) is 11. The Morgan fingerprint density at radius 3 is 1.83 bits per heavy atom. The molecule has 0 aromatic heterocycles. The third kappa shape index (κ3) is 11.0. The first kappa shape index (κ1) is 51.0. The van der Waals surface area contributed by atoms with Crippen molar-refractivity contribution in [2.45, 2.75) is 90.2 Å². The fourth-order valence-corrected chi connectivity index (χ4v) is 11.1. The van der Waals surface area contributed by atoms with E-state index in [0.717, 1.165) is 11.8 Å². The second-order valence-corrected chi connectivity index (χ2v) is 22.0. The van der Waals surface area contributed by atoms with Gasteiger partial charge in [-0.05, 0) is 103 Å². The minimum Gasteiger partial charge on any atom is -0.481 e. The van der Waals surface area contributed by atoms with E-state index in [1.807, 2.05) is 17.9 Å². The molecule has 0 saturated carbocycles. The molecule has 0 amide bonds. The SMILES string of the molecule is C=C(/C=C/C=C/C=C/C=C1/N(CCCCCC(=O)O)c2ccc3c(S(=O)(=O)O)cc(S(=O)(=O)O)cc3c2C1(C)CCOC)C(C)(C)c1c(C)ccc2c(S(=O)(=O)O)cc(S(=O)(=O)O)cc12. The van der Waals surface area contributed by atoms with Crippen molar-refractivity contribution < 1.29 is 66.5 Å². The Kier molecular flexibility index (Phi) is 14.9. The summed E-state index contributed by atoms with van der Waals surface area (Å²) in [5.74, 6) is -0.922. The van der Waals surface area contributed by atoms with Crippen molar-refractivity contribution in [1.29, 1.82) is 0 Å². The van der Waals surface area contributed by atoms with Crippen LogP contribution in [-0.2, 0) is 60.8 Å². The minimum atomic E-state index is -4.98. The molecule has 65 heavy (non-hydrogen) atoms. The standard InChI is InChI=1S/C45H51NO15S4/c1-29-18-19-33-35(25-31(62(49,50)51)27-38(33)64(55,56)57)42(29)44(3,4)30(2)15-11-8-7-9-12-16-40-45(5,22-24-61-6)43-36-26-32(63(52,53)54)28-39(65(58,59)60)34(36)20-21-37(43)46(40)23-14-10-13-17-41(47)48/h7-9,11-12,15-16,18-21,25-28H,2,10,13-14,17,22-24H2,1,3-6H3,(H,47,48)(H,49,50,51)(H,52,53,54)(H,55,56,57)(H,58,59,60)/b8-7+,12-9+,15-11+,40-16+. The highest BCUT2D eigenvalue weighted by atomic mass is 32.2. The quantitative estimate of drug-likeness (QED) is 0.0337. The first-order valence-electron chi connectivity index (χ1n) is 20.0. The molecule has 5 rings (SSSR count). The lowest BCUT2D eigenvalue weighted by atomic mass is 9.74. The second-order valence-electron chi connectivity index (χ2n) is 16.4. The van der Waals surface area contributed by atoms with Crippen LogP contribution in [0.25, 0.3) is 21.5 Å². The monoisotopic (exact) mass is 973 g/mol. The summed E-state index contributed by atoms with van der Waals surface area (Å²) in [7, 11) is -18.2.